The van der Waals surface area contributed by atoms with Gasteiger partial charge in [0, 0.05) is 23.6 Å². The third-order valence-corrected chi connectivity index (χ3v) is 8.36. The fraction of sp³-hybridized carbons (Fsp3) is 0.467. The van der Waals surface area contributed by atoms with E-state index in [9.17, 15) is 24.3 Å². The number of nitrogens with one attached hydrogen (secondary N) is 3. The lowest BCUT2D eigenvalue weighted by molar-refractivity contribution is -0.140. The highest BCUT2D eigenvalue weighted by molar-refractivity contribution is 6.00. The van der Waals surface area contributed by atoms with E-state index in [4.69, 9.17) is 0 Å². The number of hydrogen-bond donors (Lipinski definition) is 4. The topological polar surface area (TPSA) is 125 Å². The largest absolute Gasteiger partial charge is 0.372 e. The highest BCUT2D eigenvalue weighted by atomic mass is 16.3. The lowest BCUT2D eigenvalue weighted by Gasteiger charge is -2.31. The molecule has 8 heteroatoms. The highest BCUT2D eigenvalue weighted by Gasteiger charge is 2.48. The Bertz CT molecular complexity index is 1180. The van der Waals surface area contributed by atoms with Gasteiger partial charge >= 0.3 is 0 Å². The molecular formula is C30H35N3O5. The van der Waals surface area contributed by atoms with Crippen LogP contribution in [0.3, 0.4) is 0 Å². The summed E-state index contributed by atoms with van der Waals surface area (Å²) in [4.78, 5) is 51.2. The summed E-state index contributed by atoms with van der Waals surface area (Å²) in [7, 11) is 0. The Balaban J connectivity index is 1.38. The Morgan fingerprint density at radius 2 is 1.58 bits per heavy atom. The quantitative estimate of drug-likeness (QED) is 0.381. The van der Waals surface area contributed by atoms with Crippen molar-refractivity contribution in [3.05, 3.63) is 59.7 Å². The maximum atomic E-state index is 13.9. The minimum atomic E-state index is -1.94. The molecule has 2 fully saturated rings. The van der Waals surface area contributed by atoms with Gasteiger partial charge in [0.2, 0.25) is 11.8 Å². The molecule has 0 radical (unpaired) electrons. The van der Waals surface area contributed by atoms with Crippen LogP contribution >= 0.6 is 0 Å². The van der Waals surface area contributed by atoms with Gasteiger partial charge in [0.05, 0.1) is 6.04 Å². The zero-order chi connectivity index (χ0) is 26.7. The average molecular weight is 518 g/mol. The van der Waals surface area contributed by atoms with Gasteiger partial charge in [-0.15, -0.1) is 0 Å². The summed E-state index contributed by atoms with van der Waals surface area (Å²) >= 11 is 0. The Morgan fingerprint density at radius 3 is 2.16 bits per heavy atom. The number of fused-ring (bicyclic) bond motifs is 3. The molecule has 38 heavy (non-hydrogen) atoms. The zero-order valence-electron chi connectivity index (χ0n) is 21.4. The van der Waals surface area contributed by atoms with E-state index in [0.717, 1.165) is 43.2 Å². The van der Waals surface area contributed by atoms with Crippen LogP contribution in [-0.4, -0.2) is 47.7 Å². The van der Waals surface area contributed by atoms with Gasteiger partial charge in [-0.05, 0) is 36.3 Å². The van der Waals surface area contributed by atoms with Crippen molar-refractivity contribution in [3.63, 3.8) is 0 Å². The number of aliphatic hydroxyl groups is 1. The van der Waals surface area contributed by atoms with Crippen molar-refractivity contribution in [3.8, 4) is 11.1 Å². The molecule has 200 valence electrons. The van der Waals surface area contributed by atoms with Gasteiger partial charge in [-0.25, -0.2) is 0 Å². The SMILES string of the molecule is O=C[C@@H](C[C@@H]1CCNC1=O)NC(=O)[C@@H](CC1CCCCC1)NC(=O)C1(O)c2ccccc2-c2ccccc21. The molecule has 3 amide bonds. The molecule has 1 saturated carbocycles. The van der Waals surface area contributed by atoms with Crippen molar-refractivity contribution in [2.24, 2.45) is 11.8 Å². The number of rotatable bonds is 9. The molecule has 1 aliphatic heterocycles. The van der Waals surface area contributed by atoms with Crippen molar-refractivity contribution >= 4 is 24.0 Å². The van der Waals surface area contributed by atoms with Crippen LogP contribution in [0, 0.1) is 11.8 Å². The maximum Gasteiger partial charge on any atom is 0.262 e. The fourth-order valence-corrected chi connectivity index (χ4v) is 6.32. The van der Waals surface area contributed by atoms with Crippen LogP contribution < -0.4 is 16.0 Å². The standard InChI is InChI=1S/C30H35N3O5/c34-18-21(17-20-14-15-31-27(20)35)32-28(36)26(16-19-8-2-1-3-9-19)33-29(37)30(38)24-12-6-4-10-22(24)23-11-5-7-13-25(23)30/h4-7,10-13,18-21,26,38H,1-3,8-9,14-17H2,(H,31,35)(H,32,36)(H,33,37)/t20-,21+,26+/m0/s1. The molecule has 1 heterocycles. The van der Waals surface area contributed by atoms with E-state index in [0.29, 0.717) is 36.8 Å². The lowest BCUT2D eigenvalue weighted by Crippen LogP contribution is -2.55. The Labute approximate surface area is 222 Å². The summed E-state index contributed by atoms with van der Waals surface area (Å²) in [5, 5.41) is 20.3. The van der Waals surface area contributed by atoms with Crippen molar-refractivity contribution in [2.45, 2.75) is 69.1 Å². The van der Waals surface area contributed by atoms with Gasteiger partial charge in [0.25, 0.3) is 5.91 Å². The maximum absolute atomic E-state index is 13.9. The summed E-state index contributed by atoms with van der Waals surface area (Å²) in [6.45, 7) is 0.560. The average Bonchev–Trinajstić information content (AvgIpc) is 3.47. The lowest BCUT2D eigenvalue weighted by atomic mass is 9.84. The molecule has 4 N–H and O–H groups in total. The van der Waals surface area contributed by atoms with E-state index in [1.807, 2.05) is 24.3 Å². The molecular weight excluding hydrogens is 482 g/mol. The number of aldehydes is 1. The van der Waals surface area contributed by atoms with Gasteiger partial charge in [-0.2, -0.15) is 0 Å². The highest BCUT2D eigenvalue weighted by Crippen LogP contribution is 2.47. The van der Waals surface area contributed by atoms with Crippen molar-refractivity contribution in [1.29, 1.82) is 0 Å². The molecule has 0 spiro atoms. The minimum absolute atomic E-state index is 0.112. The summed E-state index contributed by atoms with van der Waals surface area (Å²) in [5.41, 5.74) is 0.585. The van der Waals surface area contributed by atoms with Gasteiger partial charge < -0.3 is 25.9 Å². The van der Waals surface area contributed by atoms with Crippen LogP contribution in [-0.2, 0) is 24.8 Å². The first-order valence-electron chi connectivity index (χ1n) is 13.7. The molecule has 2 aliphatic carbocycles. The second-order valence-electron chi connectivity index (χ2n) is 10.8. The van der Waals surface area contributed by atoms with Crippen LogP contribution in [0.15, 0.2) is 48.5 Å². The summed E-state index contributed by atoms with van der Waals surface area (Å²) in [6, 6.07) is 12.8. The molecule has 0 unspecified atom stereocenters. The normalized spacial score (nSPS) is 21.5. The Hall–Kier alpha value is -3.52. The molecule has 2 aromatic rings. The second-order valence-corrected chi connectivity index (χ2v) is 10.8. The molecule has 5 rings (SSSR count). The van der Waals surface area contributed by atoms with Gasteiger partial charge in [-0.1, -0.05) is 80.6 Å². The summed E-state index contributed by atoms with van der Waals surface area (Å²) in [5.74, 6) is -1.32. The van der Waals surface area contributed by atoms with Gasteiger partial charge in [0.15, 0.2) is 5.60 Å². The molecule has 0 bridgehead atoms. The fourth-order valence-electron chi connectivity index (χ4n) is 6.32. The predicted octanol–water partition coefficient (Wildman–Crippen LogP) is 2.57. The predicted molar refractivity (Wildman–Crippen MR) is 142 cm³/mol. The molecule has 1 saturated heterocycles. The van der Waals surface area contributed by atoms with E-state index in [-0.39, 0.29) is 24.2 Å². The number of carbonyl (C=O) groups excluding carboxylic acids is 4. The molecule has 8 nitrogen and oxygen atoms in total. The first kappa shape index (κ1) is 26.1. The third-order valence-electron chi connectivity index (χ3n) is 8.36. The summed E-state index contributed by atoms with van der Waals surface area (Å²) in [6.07, 6.45) is 7.15. The van der Waals surface area contributed by atoms with Crippen LogP contribution in [0.25, 0.3) is 11.1 Å². The minimum Gasteiger partial charge on any atom is -0.372 e. The van der Waals surface area contributed by atoms with E-state index in [1.54, 1.807) is 24.3 Å². The third kappa shape index (κ3) is 4.97. The van der Waals surface area contributed by atoms with Crippen molar-refractivity contribution in [1.82, 2.24) is 16.0 Å². The number of benzene rings is 2. The number of hydrogen-bond acceptors (Lipinski definition) is 5. The molecule has 0 aromatic heterocycles. The second kappa shape index (κ2) is 11.1. The molecule has 3 atom stereocenters. The Kier molecular flexibility index (Phi) is 7.61. The van der Waals surface area contributed by atoms with Crippen molar-refractivity contribution < 1.29 is 24.3 Å². The van der Waals surface area contributed by atoms with Gasteiger partial charge in [0.1, 0.15) is 12.3 Å². The number of amides is 3. The zero-order valence-corrected chi connectivity index (χ0v) is 21.4. The van der Waals surface area contributed by atoms with Crippen molar-refractivity contribution in [2.75, 3.05) is 6.54 Å². The molecule has 2 aromatic carbocycles. The smallest absolute Gasteiger partial charge is 0.262 e. The van der Waals surface area contributed by atoms with Gasteiger partial charge in [-0.3, -0.25) is 14.4 Å². The Morgan fingerprint density at radius 1 is 0.947 bits per heavy atom. The first-order chi connectivity index (χ1) is 18.4. The summed E-state index contributed by atoms with van der Waals surface area (Å²) < 4.78 is 0. The van der Waals surface area contributed by atoms with Crippen LogP contribution in [0.1, 0.15) is 62.5 Å². The monoisotopic (exact) mass is 517 g/mol. The van der Waals surface area contributed by atoms with E-state index >= 15 is 0 Å². The van der Waals surface area contributed by atoms with Crippen LogP contribution in [0.2, 0.25) is 0 Å². The van der Waals surface area contributed by atoms with E-state index in [2.05, 4.69) is 16.0 Å². The van der Waals surface area contributed by atoms with E-state index < -0.39 is 29.5 Å². The number of carbonyl (C=O) groups is 4. The van der Waals surface area contributed by atoms with Crippen LogP contribution in [0.5, 0.6) is 0 Å². The first-order valence-corrected chi connectivity index (χ1v) is 13.7. The van der Waals surface area contributed by atoms with E-state index in [1.165, 1.54) is 0 Å². The van der Waals surface area contributed by atoms with Crippen LogP contribution in [0.4, 0.5) is 0 Å². The molecule has 3 aliphatic rings.